The number of anilines is 1. The van der Waals surface area contributed by atoms with Gasteiger partial charge in [0.1, 0.15) is 0 Å². The van der Waals surface area contributed by atoms with Gasteiger partial charge in [-0.25, -0.2) is 8.42 Å². The Hall–Kier alpha value is -2.97. The van der Waals surface area contributed by atoms with E-state index in [1.165, 1.54) is 17.3 Å². The predicted molar refractivity (Wildman–Crippen MR) is 125 cm³/mol. The molecular formula is C24H29N3O4S. The first-order chi connectivity index (χ1) is 15.2. The first-order valence-electron chi connectivity index (χ1n) is 10.7. The van der Waals surface area contributed by atoms with Crippen molar-refractivity contribution in [3.63, 3.8) is 0 Å². The van der Waals surface area contributed by atoms with Crippen LogP contribution in [0.4, 0.5) is 5.69 Å². The topological polar surface area (TPSA) is 86.8 Å². The van der Waals surface area contributed by atoms with Crippen molar-refractivity contribution in [3.05, 3.63) is 65.4 Å². The van der Waals surface area contributed by atoms with Crippen molar-refractivity contribution in [1.82, 2.24) is 9.21 Å². The van der Waals surface area contributed by atoms with Crippen LogP contribution in [0, 0.1) is 6.92 Å². The molecule has 0 saturated heterocycles. The third-order valence-corrected chi connectivity index (χ3v) is 7.83. The zero-order chi connectivity index (χ0) is 23.5. The molecule has 0 fully saturated rings. The number of amides is 2. The number of rotatable bonds is 7. The molecule has 32 heavy (non-hydrogen) atoms. The van der Waals surface area contributed by atoms with Gasteiger partial charge < -0.3 is 10.2 Å². The maximum Gasteiger partial charge on any atom is 0.243 e. The molecule has 0 radical (unpaired) electrons. The van der Waals surface area contributed by atoms with Gasteiger partial charge in [0.15, 0.2) is 0 Å². The van der Waals surface area contributed by atoms with Crippen molar-refractivity contribution in [2.24, 2.45) is 0 Å². The van der Waals surface area contributed by atoms with Crippen LogP contribution in [0.25, 0.3) is 6.08 Å². The average Bonchev–Trinajstić information content (AvgIpc) is 2.75. The number of carbonyl (C=O) groups excluding carboxylic acids is 2. The maximum absolute atomic E-state index is 13.0. The third-order valence-electron chi connectivity index (χ3n) is 5.64. The van der Waals surface area contributed by atoms with Gasteiger partial charge in [-0.3, -0.25) is 9.59 Å². The lowest BCUT2D eigenvalue weighted by Crippen LogP contribution is -2.33. The lowest BCUT2D eigenvalue weighted by molar-refractivity contribution is -0.129. The van der Waals surface area contributed by atoms with Gasteiger partial charge in [-0.05, 0) is 41.8 Å². The van der Waals surface area contributed by atoms with Crippen LogP contribution in [0.1, 0.15) is 49.9 Å². The summed E-state index contributed by atoms with van der Waals surface area (Å²) >= 11 is 0. The van der Waals surface area contributed by atoms with Crippen LogP contribution >= 0.6 is 0 Å². The summed E-state index contributed by atoms with van der Waals surface area (Å²) in [6.07, 6.45) is 3.60. The number of aryl methyl sites for hydroxylation is 1. The van der Waals surface area contributed by atoms with Crippen molar-refractivity contribution >= 4 is 33.6 Å². The third kappa shape index (κ3) is 4.76. The summed E-state index contributed by atoms with van der Waals surface area (Å²) in [7, 11) is -3.66. The molecule has 0 aromatic heterocycles. The molecule has 1 aliphatic heterocycles. The Kier molecular flexibility index (Phi) is 7.16. The smallest absolute Gasteiger partial charge is 0.243 e. The Morgan fingerprint density at radius 3 is 2.44 bits per heavy atom. The van der Waals surface area contributed by atoms with Crippen LogP contribution in [-0.4, -0.2) is 42.5 Å². The molecule has 1 aliphatic rings. The van der Waals surface area contributed by atoms with Gasteiger partial charge in [0.05, 0.1) is 17.4 Å². The lowest BCUT2D eigenvalue weighted by atomic mass is 9.93. The molecule has 3 rings (SSSR count). The van der Waals surface area contributed by atoms with Gasteiger partial charge >= 0.3 is 0 Å². The summed E-state index contributed by atoms with van der Waals surface area (Å²) in [6, 6.07) is 12.1. The number of fused-ring (bicyclic) bond motifs is 1. The van der Waals surface area contributed by atoms with E-state index in [2.05, 4.69) is 5.32 Å². The van der Waals surface area contributed by atoms with E-state index in [1.54, 1.807) is 44.0 Å². The van der Waals surface area contributed by atoms with Crippen LogP contribution in [0.3, 0.4) is 0 Å². The lowest BCUT2D eigenvalue weighted by Gasteiger charge is -2.32. The van der Waals surface area contributed by atoms with Gasteiger partial charge in [-0.2, -0.15) is 4.31 Å². The van der Waals surface area contributed by atoms with E-state index in [0.717, 1.165) is 11.1 Å². The van der Waals surface area contributed by atoms with E-state index in [-0.39, 0.29) is 23.1 Å². The summed E-state index contributed by atoms with van der Waals surface area (Å²) in [5, 5.41) is 2.81. The molecule has 0 aliphatic carbocycles. The Morgan fingerprint density at radius 1 is 1.09 bits per heavy atom. The monoisotopic (exact) mass is 455 g/mol. The molecule has 2 aromatic rings. The summed E-state index contributed by atoms with van der Waals surface area (Å²) in [6.45, 7) is 7.51. The van der Waals surface area contributed by atoms with E-state index < -0.39 is 16.1 Å². The van der Waals surface area contributed by atoms with Crippen LogP contribution in [0.2, 0.25) is 0 Å². The summed E-state index contributed by atoms with van der Waals surface area (Å²) in [4.78, 5) is 26.8. The van der Waals surface area contributed by atoms with Gasteiger partial charge in [0.2, 0.25) is 21.8 Å². The first kappa shape index (κ1) is 23.7. The maximum atomic E-state index is 13.0. The van der Waals surface area contributed by atoms with Crippen LogP contribution in [0.15, 0.2) is 53.6 Å². The van der Waals surface area contributed by atoms with E-state index in [0.29, 0.717) is 24.3 Å². The van der Waals surface area contributed by atoms with Crippen LogP contribution in [-0.2, 0) is 19.6 Å². The number of nitrogens with one attached hydrogen (secondary N) is 1. The molecule has 1 heterocycles. The molecule has 1 N–H and O–H groups in total. The second-order valence-corrected chi connectivity index (χ2v) is 9.62. The van der Waals surface area contributed by atoms with Gasteiger partial charge in [0.25, 0.3) is 0 Å². The largest absolute Gasteiger partial charge is 0.326 e. The molecule has 0 spiro atoms. The quantitative estimate of drug-likeness (QED) is 0.685. The first-order valence-corrected chi connectivity index (χ1v) is 12.1. The van der Waals surface area contributed by atoms with E-state index in [4.69, 9.17) is 0 Å². The second-order valence-electron chi connectivity index (χ2n) is 7.71. The van der Waals surface area contributed by atoms with Crippen LogP contribution in [0.5, 0.6) is 0 Å². The van der Waals surface area contributed by atoms with Crippen LogP contribution < -0.4 is 5.32 Å². The van der Waals surface area contributed by atoms with Gasteiger partial charge in [-0.1, -0.05) is 44.2 Å². The number of nitrogens with zero attached hydrogens (tertiary/aromatic N) is 2. The van der Waals surface area contributed by atoms with Crippen molar-refractivity contribution in [3.8, 4) is 0 Å². The zero-order valence-corrected chi connectivity index (χ0v) is 19.6. The molecule has 170 valence electrons. The highest BCUT2D eigenvalue weighted by Gasteiger charge is 2.29. The number of carbonyl (C=O) groups is 2. The van der Waals surface area contributed by atoms with Crippen molar-refractivity contribution in [2.75, 3.05) is 18.4 Å². The highest BCUT2D eigenvalue weighted by Crippen LogP contribution is 2.33. The second kappa shape index (κ2) is 9.67. The fourth-order valence-corrected chi connectivity index (χ4v) is 5.67. The summed E-state index contributed by atoms with van der Waals surface area (Å²) < 4.78 is 27.4. The Balaban J connectivity index is 1.85. The highest BCUT2D eigenvalue weighted by atomic mass is 32.2. The summed E-state index contributed by atoms with van der Waals surface area (Å²) in [5.74, 6) is -0.460. The standard InChI is InChI=1S/C24H29N3O4S/c1-5-26(6-2)32(30,31)23-15-20(12-11-17(23)3)25-24(29)16-22-21-10-8-7-9-19(21)13-14-27(22)18(4)28/h7-15,22H,5-6,16H2,1-4H3,(H,25,29). The molecule has 2 aromatic carbocycles. The molecule has 0 saturated carbocycles. The molecular weight excluding hydrogens is 426 g/mol. The fourth-order valence-electron chi connectivity index (χ4n) is 3.96. The Bertz CT molecular complexity index is 1150. The van der Waals surface area contributed by atoms with Gasteiger partial charge in [0, 0.05) is 31.9 Å². The van der Waals surface area contributed by atoms with Crippen molar-refractivity contribution in [2.45, 2.75) is 45.1 Å². The Morgan fingerprint density at radius 2 is 1.78 bits per heavy atom. The van der Waals surface area contributed by atoms with E-state index in [1.807, 2.05) is 30.3 Å². The fraction of sp³-hybridized carbons (Fsp3) is 0.333. The Labute approximate surface area is 189 Å². The number of benzene rings is 2. The zero-order valence-electron chi connectivity index (χ0n) is 18.8. The molecule has 0 bridgehead atoms. The molecule has 8 heteroatoms. The molecule has 2 amide bonds. The van der Waals surface area contributed by atoms with E-state index >= 15 is 0 Å². The minimum absolute atomic E-state index is 0.0485. The average molecular weight is 456 g/mol. The summed E-state index contributed by atoms with van der Waals surface area (Å²) in [5.41, 5.74) is 2.88. The minimum atomic E-state index is -3.66. The highest BCUT2D eigenvalue weighted by molar-refractivity contribution is 7.89. The molecule has 1 unspecified atom stereocenters. The SMILES string of the molecule is CCN(CC)S(=O)(=O)c1cc(NC(=O)CC2c3ccccc3C=CN2C(C)=O)ccc1C. The molecule has 7 nitrogen and oxygen atoms in total. The van der Waals surface area contributed by atoms with Gasteiger partial charge in [-0.15, -0.1) is 0 Å². The molecule has 1 atom stereocenters. The number of hydrogen-bond donors (Lipinski definition) is 1. The minimum Gasteiger partial charge on any atom is -0.326 e. The number of hydrogen-bond acceptors (Lipinski definition) is 4. The van der Waals surface area contributed by atoms with Crippen molar-refractivity contribution in [1.29, 1.82) is 0 Å². The van der Waals surface area contributed by atoms with E-state index in [9.17, 15) is 18.0 Å². The normalized spacial score (nSPS) is 15.5. The van der Waals surface area contributed by atoms with Crippen molar-refractivity contribution < 1.29 is 18.0 Å². The number of sulfonamides is 1. The predicted octanol–water partition coefficient (Wildman–Crippen LogP) is 3.93.